The maximum atomic E-state index is 11.6. The molecule has 1 aromatic carbocycles. The van der Waals surface area contributed by atoms with Gasteiger partial charge in [0.2, 0.25) is 5.91 Å². The van der Waals surface area contributed by atoms with Crippen LogP contribution in [0.2, 0.25) is 0 Å². The van der Waals surface area contributed by atoms with Crippen LogP contribution in [0.4, 0.5) is 5.69 Å². The van der Waals surface area contributed by atoms with Crippen LogP contribution < -0.4 is 4.90 Å². The van der Waals surface area contributed by atoms with Crippen LogP contribution in [0.5, 0.6) is 0 Å². The van der Waals surface area contributed by atoms with Gasteiger partial charge in [0.25, 0.3) is 0 Å². The molecule has 0 saturated carbocycles. The Labute approximate surface area is 102 Å². The number of hydrogen-bond acceptors (Lipinski definition) is 3. The van der Waals surface area contributed by atoms with Gasteiger partial charge in [0.1, 0.15) is 0 Å². The van der Waals surface area contributed by atoms with Crippen molar-refractivity contribution in [2.45, 2.75) is 12.8 Å². The summed E-state index contributed by atoms with van der Waals surface area (Å²) in [6.45, 7) is 0.487. The van der Waals surface area contributed by atoms with Crippen molar-refractivity contribution in [3.8, 4) is 0 Å². The number of amides is 1. The fourth-order valence-corrected chi connectivity index (χ4v) is 1.94. The highest BCUT2D eigenvalue weighted by Gasteiger charge is 2.23. The first kappa shape index (κ1) is 12.1. The van der Waals surface area contributed by atoms with Crippen LogP contribution in [-0.4, -0.2) is 34.6 Å². The number of carboxylic acid groups (broad SMARTS) is 2. The van der Waals surface area contributed by atoms with Crippen LogP contribution in [0, 0.1) is 0 Å². The molecule has 0 aromatic heterocycles. The molecule has 18 heavy (non-hydrogen) atoms. The first-order valence-electron chi connectivity index (χ1n) is 5.41. The SMILES string of the molecule is O=C(O)c1cc(C(=O)O)cc(N2CCCC2=O)c1. The molecule has 6 heteroatoms. The van der Waals surface area contributed by atoms with Gasteiger partial charge < -0.3 is 15.1 Å². The molecule has 1 amide bonds. The Balaban J connectivity index is 2.49. The van der Waals surface area contributed by atoms with Crippen molar-refractivity contribution in [3.63, 3.8) is 0 Å². The van der Waals surface area contributed by atoms with Crippen molar-refractivity contribution < 1.29 is 24.6 Å². The Hall–Kier alpha value is -2.37. The Morgan fingerprint density at radius 2 is 1.61 bits per heavy atom. The Morgan fingerprint density at radius 1 is 1.06 bits per heavy atom. The molecule has 0 atom stereocenters. The normalized spacial score (nSPS) is 14.9. The van der Waals surface area contributed by atoms with Crippen LogP contribution in [0.3, 0.4) is 0 Å². The van der Waals surface area contributed by atoms with Gasteiger partial charge >= 0.3 is 11.9 Å². The van der Waals surface area contributed by atoms with E-state index in [1.165, 1.54) is 17.0 Å². The van der Waals surface area contributed by atoms with E-state index in [1.807, 2.05) is 0 Å². The molecule has 1 fully saturated rings. The molecule has 6 nitrogen and oxygen atoms in total. The fourth-order valence-electron chi connectivity index (χ4n) is 1.94. The molecular weight excluding hydrogens is 238 g/mol. The lowest BCUT2D eigenvalue weighted by Gasteiger charge is -2.16. The minimum Gasteiger partial charge on any atom is -0.478 e. The summed E-state index contributed by atoms with van der Waals surface area (Å²) < 4.78 is 0. The zero-order valence-corrected chi connectivity index (χ0v) is 9.42. The summed E-state index contributed by atoms with van der Waals surface area (Å²) in [5, 5.41) is 17.9. The average Bonchev–Trinajstić information content (AvgIpc) is 2.74. The van der Waals surface area contributed by atoms with Crippen molar-refractivity contribution in [3.05, 3.63) is 29.3 Å². The van der Waals surface area contributed by atoms with Gasteiger partial charge in [0.05, 0.1) is 11.1 Å². The molecule has 1 heterocycles. The van der Waals surface area contributed by atoms with Crippen LogP contribution in [0.1, 0.15) is 33.6 Å². The zero-order valence-electron chi connectivity index (χ0n) is 9.42. The predicted molar refractivity (Wildman–Crippen MR) is 61.9 cm³/mol. The predicted octanol–water partition coefficient (Wildman–Crippen LogP) is 1.21. The molecule has 2 rings (SSSR count). The standard InChI is InChI=1S/C12H11NO5/c14-10-2-1-3-13(10)9-5-7(11(15)16)4-8(6-9)12(17)18/h4-6H,1-3H2,(H,15,16)(H,17,18). The summed E-state index contributed by atoms with van der Waals surface area (Å²) in [5.74, 6) is -2.55. The minimum atomic E-state index is -1.22. The Bertz CT molecular complexity index is 505. The highest BCUT2D eigenvalue weighted by molar-refractivity contribution is 6.00. The summed E-state index contributed by atoms with van der Waals surface area (Å²) in [7, 11) is 0. The summed E-state index contributed by atoms with van der Waals surface area (Å²) in [5.41, 5.74) is 0.0593. The number of rotatable bonds is 3. The smallest absolute Gasteiger partial charge is 0.335 e. The van der Waals surface area contributed by atoms with Gasteiger partial charge in [-0.1, -0.05) is 0 Å². The van der Waals surface area contributed by atoms with Crippen molar-refractivity contribution >= 4 is 23.5 Å². The third-order valence-corrected chi connectivity index (χ3v) is 2.80. The van der Waals surface area contributed by atoms with E-state index in [4.69, 9.17) is 10.2 Å². The number of aromatic carboxylic acids is 2. The maximum absolute atomic E-state index is 11.6. The molecular formula is C12H11NO5. The monoisotopic (exact) mass is 249 g/mol. The van der Waals surface area contributed by atoms with Gasteiger partial charge in [-0.05, 0) is 24.6 Å². The van der Waals surface area contributed by atoms with Crippen molar-refractivity contribution in [2.75, 3.05) is 11.4 Å². The second-order valence-electron chi connectivity index (χ2n) is 4.03. The van der Waals surface area contributed by atoms with Gasteiger partial charge in [0.15, 0.2) is 0 Å². The van der Waals surface area contributed by atoms with E-state index in [0.717, 1.165) is 6.07 Å². The average molecular weight is 249 g/mol. The van der Waals surface area contributed by atoms with E-state index in [0.29, 0.717) is 25.1 Å². The topological polar surface area (TPSA) is 94.9 Å². The van der Waals surface area contributed by atoms with Crippen LogP contribution in [0.25, 0.3) is 0 Å². The number of carboxylic acids is 2. The third-order valence-electron chi connectivity index (χ3n) is 2.80. The quantitative estimate of drug-likeness (QED) is 0.839. The van der Waals surface area contributed by atoms with Crippen molar-refractivity contribution in [2.24, 2.45) is 0 Å². The number of nitrogens with zero attached hydrogens (tertiary/aromatic N) is 1. The highest BCUT2D eigenvalue weighted by Crippen LogP contribution is 2.24. The van der Waals surface area contributed by atoms with Gasteiger partial charge in [0, 0.05) is 18.7 Å². The molecule has 0 spiro atoms. The number of benzene rings is 1. The molecule has 1 aliphatic rings. The van der Waals surface area contributed by atoms with E-state index in [1.54, 1.807) is 0 Å². The highest BCUT2D eigenvalue weighted by atomic mass is 16.4. The lowest BCUT2D eigenvalue weighted by Crippen LogP contribution is -2.24. The number of carbonyl (C=O) groups is 3. The van der Waals surface area contributed by atoms with Gasteiger partial charge in [-0.25, -0.2) is 9.59 Å². The summed E-state index contributed by atoms with van der Waals surface area (Å²) >= 11 is 0. The third kappa shape index (κ3) is 2.17. The molecule has 1 aromatic rings. The molecule has 94 valence electrons. The molecule has 0 aliphatic carbocycles. The van der Waals surface area contributed by atoms with Crippen molar-refractivity contribution in [1.82, 2.24) is 0 Å². The van der Waals surface area contributed by atoms with Gasteiger partial charge in [-0.15, -0.1) is 0 Å². The molecule has 1 saturated heterocycles. The molecule has 1 aliphatic heterocycles. The number of hydrogen-bond donors (Lipinski definition) is 2. The van der Waals surface area contributed by atoms with E-state index < -0.39 is 11.9 Å². The molecule has 0 unspecified atom stereocenters. The van der Waals surface area contributed by atoms with Crippen molar-refractivity contribution in [1.29, 1.82) is 0 Å². The van der Waals surface area contributed by atoms with Gasteiger partial charge in [-0.2, -0.15) is 0 Å². The zero-order chi connectivity index (χ0) is 13.3. The van der Waals surface area contributed by atoms with Crippen LogP contribution in [0.15, 0.2) is 18.2 Å². The lowest BCUT2D eigenvalue weighted by molar-refractivity contribution is -0.117. The molecule has 2 N–H and O–H groups in total. The van der Waals surface area contributed by atoms with E-state index in [-0.39, 0.29) is 17.0 Å². The van der Waals surface area contributed by atoms with Crippen LogP contribution >= 0.6 is 0 Å². The second-order valence-corrected chi connectivity index (χ2v) is 4.03. The first-order valence-corrected chi connectivity index (χ1v) is 5.41. The van der Waals surface area contributed by atoms with E-state index >= 15 is 0 Å². The Morgan fingerprint density at radius 3 is 2.00 bits per heavy atom. The summed E-state index contributed by atoms with van der Waals surface area (Å²) in [6.07, 6.45) is 1.10. The molecule has 0 radical (unpaired) electrons. The maximum Gasteiger partial charge on any atom is 0.335 e. The number of anilines is 1. The van der Waals surface area contributed by atoms with Crippen LogP contribution in [-0.2, 0) is 4.79 Å². The number of carbonyl (C=O) groups excluding carboxylic acids is 1. The minimum absolute atomic E-state index is 0.117. The largest absolute Gasteiger partial charge is 0.478 e. The first-order chi connectivity index (χ1) is 8.49. The fraction of sp³-hybridized carbons (Fsp3) is 0.250. The Kier molecular flexibility index (Phi) is 3.01. The second kappa shape index (κ2) is 4.48. The summed E-state index contributed by atoms with van der Waals surface area (Å²) in [4.78, 5) is 34.8. The van der Waals surface area contributed by atoms with Gasteiger partial charge in [-0.3, -0.25) is 4.79 Å². The lowest BCUT2D eigenvalue weighted by atomic mass is 10.1. The summed E-state index contributed by atoms with van der Waals surface area (Å²) in [6, 6.07) is 3.71. The van der Waals surface area contributed by atoms with E-state index in [2.05, 4.69) is 0 Å². The molecule has 0 bridgehead atoms. The van der Waals surface area contributed by atoms with E-state index in [9.17, 15) is 14.4 Å².